The van der Waals surface area contributed by atoms with E-state index in [1.54, 1.807) is 5.38 Å². The molecule has 0 spiro atoms. The molecule has 1 aromatic rings. The molecule has 11 heavy (non-hydrogen) atoms. The largest absolute Gasteiger partial charge is 0.383 e. The number of sulfonamides is 1. The van der Waals surface area contributed by atoms with Gasteiger partial charge in [0.2, 0.25) is 10.0 Å². The van der Waals surface area contributed by atoms with Gasteiger partial charge in [0.05, 0.1) is 0 Å². The normalized spacial score (nSPS) is 11.7. The molecule has 0 saturated heterocycles. The van der Waals surface area contributed by atoms with Crippen molar-refractivity contribution < 1.29 is 8.42 Å². The second kappa shape index (κ2) is 2.76. The number of nitrogen functional groups attached to an aromatic ring is 1. The van der Waals surface area contributed by atoms with Gasteiger partial charge in [0.25, 0.3) is 0 Å². The van der Waals surface area contributed by atoms with Crippen molar-refractivity contribution in [2.24, 2.45) is 5.14 Å². The van der Waals surface area contributed by atoms with Crippen molar-refractivity contribution in [1.82, 2.24) is 4.98 Å². The van der Waals surface area contributed by atoms with Crippen LogP contribution in [0.3, 0.4) is 0 Å². The summed E-state index contributed by atoms with van der Waals surface area (Å²) in [4.78, 5) is 3.73. The Balaban J connectivity index is 2.81. The van der Waals surface area contributed by atoms with Crippen LogP contribution < -0.4 is 10.9 Å². The summed E-state index contributed by atoms with van der Waals surface area (Å²) in [5, 5.41) is 6.77. The van der Waals surface area contributed by atoms with E-state index in [1.165, 1.54) is 11.3 Å². The van der Waals surface area contributed by atoms with Crippen LogP contribution >= 0.6 is 11.3 Å². The van der Waals surface area contributed by atoms with Crippen LogP contribution in [0.2, 0.25) is 0 Å². The highest BCUT2D eigenvalue weighted by molar-refractivity contribution is 7.88. The monoisotopic (exact) mass is 193 g/mol. The van der Waals surface area contributed by atoms with E-state index in [9.17, 15) is 8.42 Å². The molecule has 0 amide bonds. The van der Waals surface area contributed by atoms with E-state index in [-0.39, 0.29) is 5.75 Å². The summed E-state index contributed by atoms with van der Waals surface area (Å²) in [6.07, 6.45) is 0. The lowest BCUT2D eigenvalue weighted by Crippen LogP contribution is -2.14. The minimum absolute atomic E-state index is 0.241. The number of aromatic nitrogens is 1. The molecule has 0 unspecified atom stereocenters. The lowest BCUT2D eigenvalue weighted by Gasteiger charge is -1.90. The molecule has 0 bridgehead atoms. The fourth-order valence-corrected chi connectivity index (χ4v) is 2.20. The molecule has 1 heterocycles. The summed E-state index contributed by atoms with van der Waals surface area (Å²) in [6, 6.07) is 0. The molecular formula is C4H7N3O2S2. The second-order valence-corrected chi connectivity index (χ2v) is 4.53. The smallest absolute Gasteiger partial charge is 0.215 e. The van der Waals surface area contributed by atoms with Crippen LogP contribution in [0.5, 0.6) is 0 Å². The summed E-state index contributed by atoms with van der Waals surface area (Å²) < 4.78 is 21.0. The van der Waals surface area contributed by atoms with E-state index in [0.29, 0.717) is 10.8 Å². The maximum Gasteiger partial charge on any atom is 0.215 e. The minimum atomic E-state index is -3.47. The Bertz CT molecular complexity index is 342. The zero-order valence-electron chi connectivity index (χ0n) is 5.52. The van der Waals surface area contributed by atoms with Crippen molar-refractivity contribution in [1.29, 1.82) is 0 Å². The summed E-state index contributed by atoms with van der Waals surface area (Å²) in [5.74, 6) is 0.0862. The van der Waals surface area contributed by atoms with Crippen molar-refractivity contribution >= 4 is 27.2 Å². The van der Waals surface area contributed by atoms with Crippen molar-refractivity contribution in [3.05, 3.63) is 10.4 Å². The van der Waals surface area contributed by atoms with Gasteiger partial charge in [0.1, 0.15) is 16.6 Å². The molecule has 0 aliphatic rings. The van der Waals surface area contributed by atoms with Gasteiger partial charge in [0.15, 0.2) is 0 Å². The Labute approximate surface area is 68.1 Å². The highest BCUT2D eigenvalue weighted by atomic mass is 32.2. The predicted molar refractivity (Wildman–Crippen MR) is 43.3 cm³/mol. The summed E-state index contributed by atoms with van der Waals surface area (Å²) in [7, 11) is -3.47. The van der Waals surface area contributed by atoms with Gasteiger partial charge in [-0.05, 0) is 0 Å². The number of anilines is 1. The number of nitrogens with two attached hydrogens (primary N) is 2. The van der Waals surface area contributed by atoms with Crippen LogP contribution in [0.4, 0.5) is 5.82 Å². The van der Waals surface area contributed by atoms with Crippen LogP contribution in [0.15, 0.2) is 5.38 Å². The molecule has 0 radical (unpaired) electrons. The van der Waals surface area contributed by atoms with Gasteiger partial charge in [-0.15, -0.1) is 11.3 Å². The molecule has 0 saturated carbocycles. The number of primary sulfonamides is 1. The average molecular weight is 193 g/mol. The number of thiazole rings is 1. The first-order chi connectivity index (χ1) is 4.97. The predicted octanol–water partition coefficient (Wildman–Crippen LogP) is -0.486. The Morgan fingerprint density at radius 3 is 2.64 bits per heavy atom. The molecule has 1 rings (SSSR count). The van der Waals surface area contributed by atoms with Crippen molar-refractivity contribution in [3.63, 3.8) is 0 Å². The third-order valence-electron chi connectivity index (χ3n) is 0.894. The Hall–Kier alpha value is -0.660. The number of hydrogen-bond acceptors (Lipinski definition) is 5. The number of nitrogens with zero attached hydrogens (tertiary/aromatic N) is 1. The topological polar surface area (TPSA) is 99.1 Å². The Morgan fingerprint density at radius 1 is 1.64 bits per heavy atom. The fraction of sp³-hybridized carbons (Fsp3) is 0.250. The third-order valence-corrected chi connectivity index (χ3v) is 2.62. The standard InChI is InChI=1S/C4H7N3O2S2/c5-3-1-10-4(7-3)2-11(6,8)9/h1H,2,5H2,(H2,6,8,9). The first-order valence-electron chi connectivity index (χ1n) is 2.68. The van der Waals surface area contributed by atoms with Crippen LogP contribution in [-0.4, -0.2) is 13.4 Å². The average Bonchev–Trinajstić information content (AvgIpc) is 2.10. The van der Waals surface area contributed by atoms with E-state index < -0.39 is 10.0 Å². The molecular weight excluding hydrogens is 186 g/mol. The third kappa shape index (κ3) is 2.83. The minimum Gasteiger partial charge on any atom is -0.383 e. The van der Waals surface area contributed by atoms with Crippen LogP contribution in [0.25, 0.3) is 0 Å². The molecule has 0 aliphatic carbocycles. The lowest BCUT2D eigenvalue weighted by molar-refractivity contribution is 0.597. The molecule has 5 nitrogen and oxygen atoms in total. The first kappa shape index (κ1) is 8.44. The summed E-state index contributed by atoms with van der Waals surface area (Å²) in [5.41, 5.74) is 5.26. The van der Waals surface area contributed by atoms with Gasteiger partial charge < -0.3 is 5.73 Å². The summed E-state index contributed by atoms with van der Waals surface area (Å²) in [6.45, 7) is 0. The maximum absolute atomic E-state index is 10.5. The highest BCUT2D eigenvalue weighted by Gasteiger charge is 2.07. The van der Waals surface area contributed by atoms with Gasteiger partial charge in [-0.2, -0.15) is 0 Å². The SMILES string of the molecule is Nc1csc(CS(N)(=O)=O)n1. The van der Waals surface area contributed by atoms with E-state index in [1.807, 2.05) is 0 Å². The molecule has 0 aliphatic heterocycles. The Kier molecular flexibility index (Phi) is 2.12. The zero-order chi connectivity index (χ0) is 8.48. The van der Waals surface area contributed by atoms with Crippen molar-refractivity contribution in [2.75, 3.05) is 5.73 Å². The lowest BCUT2D eigenvalue weighted by atomic mass is 10.8. The van der Waals surface area contributed by atoms with Gasteiger partial charge in [-0.3, -0.25) is 0 Å². The molecule has 0 atom stereocenters. The van der Waals surface area contributed by atoms with E-state index in [2.05, 4.69) is 4.98 Å². The van der Waals surface area contributed by atoms with Crippen molar-refractivity contribution in [3.8, 4) is 0 Å². The van der Waals surface area contributed by atoms with Crippen LogP contribution in [0, 0.1) is 0 Å². The molecule has 0 aromatic carbocycles. The number of rotatable bonds is 2. The Morgan fingerprint density at radius 2 is 2.27 bits per heavy atom. The van der Waals surface area contributed by atoms with E-state index >= 15 is 0 Å². The quantitative estimate of drug-likeness (QED) is 0.662. The molecule has 0 fully saturated rings. The van der Waals surface area contributed by atoms with Gasteiger partial charge in [-0.25, -0.2) is 18.5 Å². The summed E-state index contributed by atoms with van der Waals surface area (Å²) >= 11 is 1.18. The van der Waals surface area contributed by atoms with Gasteiger partial charge in [-0.1, -0.05) is 0 Å². The van der Waals surface area contributed by atoms with Crippen LogP contribution in [-0.2, 0) is 15.8 Å². The van der Waals surface area contributed by atoms with E-state index in [4.69, 9.17) is 10.9 Å². The maximum atomic E-state index is 10.5. The zero-order valence-corrected chi connectivity index (χ0v) is 7.15. The first-order valence-corrected chi connectivity index (χ1v) is 5.27. The second-order valence-electron chi connectivity index (χ2n) is 1.97. The van der Waals surface area contributed by atoms with Crippen LogP contribution in [0.1, 0.15) is 5.01 Å². The molecule has 1 aromatic heterocycles. The van der Waals surface area contributed by atoms with E-state index in [0.717, 1.165) is 0 Å². The van der Waals surface area contributed by atoms with Gasteiger partial charge >= 0.3 is 0 Å². The number of hydrogen-bond donors (Lipinski definition) is 2. The van der Waals surface area contributed by atoms with Crippen molar-refractivity contribution in [2.45, 2.75) is 5.75 Å². The van der Waals surface area contributed by atoms with Gasteiger partial charge in [0, 0.05) is 5.38 Å². The molecule has 4 N–H and O–H groups in total. The molecule has 7 heteroatoms. The molecule has 62 valence electrons. The highest BCUT2D eigenvalue weighted by Crippen LogP contribution is 2.12. The fourth-order valence-electron chi connectivity index (χ4n) is 0.563.